The van der Waals surface area contributed by atoms with E-state index in [1.165, 1.54) is 23.0 Å². The highest BCUT2D eigenvalue weighted by molar-refractivity contribution is 14.1. The summed E-state index contributed by atoms with van der Waals surface area (Å²) in [6, 6.07) is 16.1. The molecule has 0 fully saturated rings. The van der Waals surface area contributed by atoms with Crippen molar-refractivity contribution in [2.24, 2.45) is 4.99 Å². The van der Waals surface area contributed by atoms with Crippen molar-refractivity contribution in [3.05, 3.63) is 111 Å². The van der Waals surface area contributed by atoms with Gasteiger partial charge in [-0.15, -0.1) is 0 Å². The topological polar surface area (TPSA) is 124 Å². The van der Waals surface area contributed by atoms with Crippen molar-refractivity contribution in [3.8, 4) is 23.0 Å². The van der Waals surface area contributed by atoms with Crippen LogP contribution in [-0.4, -0.2) is 50.0 Å². The van der Waals surface area contributed by atoms with Gasteiger partial charge in [0, 0.05) is 0 Å². The zero-order chi connectivity index (χ0) is 36.7. The van der Waals surface area contributed by atoms with E-state index in [1.54, 1.807) is 38.1 Å². The first-order chi connectivity index (χ1) is 24.6. The summed E-state index contributed by atoms with van der Waals surface area (Å²) in [5, 5.41) is 0. The lowest BCUT2D eigenvalue weighted by molar-refractivity contribution is -0.143. The maximum atomic E-state index is 14.3. The largest absolute Gasteiger partial charge is 0.490 e. The van der Waals surface area contributed by atoms with E-state index in [0.29, 0.717) is 63.4 Å². The Morgan fingerprint density at radius 1 is 0.922 bits per heavy atom. The Bertz CT molecular complexity index is 2150. The van der Waals surface area contributed by atoms with Gasteiger partial charge in [-0.05, 0) is 104 Å². The van der Waals surface area contributed by atoms with Crippen LogP contribution in [0.25, 0.3) is 6.08 Å². The van der Waals surface area contributed by atoms with E-state index < -0.39 is 18.0 Å². The Labute approximate surface area is 313 Å². The summed E-state index contributed by atoms with van der Waals surface area (Å²) in [6.07, 6.45) is 1.79. The molecule has 51 heavy (non-hydrogen) atoms. The molecule has 2 heterocycles. The standard InChI is InChI=1S/C38H39IN2O9S/c1-7-46-29-19-26(13-14-28(29)49-21-32(42)45-6)34-33(37(44)48-9-3)23(5)40-38-41(34)36(43)31(51-38)18-25-16-27(39)35(30(17-25)47-8-2)50-20-24-12-10-11-22(4)15-24/h10-19,34H,7-9,20-21H2,1-6H3/b31-18-/t34-/m0/s1. The van der Waals surface area contributed by atoms with E-state index in [-0.39, 0.29) is 24.3 Å². The SMILES string of the molecule is CCOC(=O)C1=C(C)N=c2s/c(=C\c3cc(I)c(OCc4cccc(C)c4)c(OCC)c3)c(=O)n2[C@H]1c1ccc(OCC(=O)OC)c(OCC)c1. The number of aromatic nitrogens is 1. The van der Waals surface area contributed by atoms with Gasteiger partial charge in [0.15, 0.2) is 34.4 Å². The number of carbonyl (C=O) groups is 2. The maximum Gasteiger partial charge on any atom is 0.343 e. The number of esters is 2. The Balaban J connectivity index is 1.60. The van der Waals surface area contributed by atoms with E-state index in [0.717, 1.165) is 20.3 Å². The lowest BCUT2D eigenvalue weighted by Crippen LogP contribution is -2.40. The number of hydrogen-bond donors (Lipinski definition) is 0. The average molecular weight is 827 g/mol. The molecular formula is C38H39IN2O9S. The van der Waals surface area contributed by atoms with Crippen LogP contribution in [0.3, 0.4) is 0 Å². The van der Waals surface area contributed by atoms with Crippen molar-refractivity contribution < 1.29 is 38.0 Å². The highest BCUT2D eigenvalue weighted by Gasteiger charge is 2.34. The van der Waals surface area contributed by atoms with Gasteiger partial charge in [0.1, 0.15) is 6.61 Å². The maximum absolute atomic E-state index is 14.3. The predicted molar refractivity (Wildman–Crippen MR) is 201 cm³/mol. The van der Waals surface area contributed by atoms with Crippen LogP contribution in [0.1, 0.15) is 56.0 Å². The molecule has 4 aromatic rings. The van der Waals surface area contributed by atoms with E-state index in [1.807, 2.05) is 51.1 Å². The number of halogens is 1. The number of ether oxygens (including phenoxy) is 6. The van der Waals surface area contributed by atoms with Gasteiger partial charge in [-0.3, -0.25) is 9.36 Å². The Kier molecular flexibility index (Phi) is 12.6. The molecule has 1 aromatic heterocycles. The molecule has 11 nitrogen and oxygen atoms in total. The molecule has 0 N–H and O–H groups in total. The summed E-state index contributed by atoms with van der Waals surface area (Å²) in [6.45, 7) is 10.1. The molecule has 1 aliphatic heterocycles. The van der Waals surface area contributed by atoms with Crippen molar-refractivity contribution in [2.45, 2.75) is 47.3 Å². The molecule has 0 saturated heterocycles. The summed E-state index contributed by atoms with van der Waals surface area (Å²) in [4.78, 5) is 44.6. The van der Waals surface area contributed by atoms with Crippen LogP contribution in [0.5, 0.6) is 23.0 Å². The summed E-state index contributed by atoms with van der Waals surface area (Å²) in [5.74, 6) is 0.691. The molecule has 0 radical (unpaired) electrons. The van der Waals surface area contributed by atoms with Crippen LogP contribution in [0, 0.1) is 10.5 Å². The van der Waals surface area contributed by atoms with Gasteiger partial charge in [0.25, 0.3) is 5.56 Å². The van der Waals surface area contributed by atoms with Crippen LogP contribution in [-0.2, 0) is 25.7 Å². The third-order valence-corrected chi connectivity index (χ3v) is 9.55. The van der Waals surface area contributed by atoms with Crippen LogP contribution in [0.2, 0.25) is 0 Å². The molecule has 0 bridgehead atoms. The summed E-state index contributed by atoms with van der Waals surface area (Å²) in [7, 11) is 1.27. The first-order valence-corrected chi connectivity index (χ1v) is 18.3. The number of aryl methyl sites for hydroxylation is 1. The van der Waals surface area contributed by atoms with Crippen LogP contribution in [0.15, 0.2) is 75.7 Å². The van der Waals surface area contributed by atoms with Gasteiger partial charge in [-0.25, -0.2) is 14.6 Å². The molecular weight excluding hydrogens is 787 g/mol. The van der Waals surface area contributed by atoms with Gasteiger partial charge in [-0.2, -0.15) is 0 Å². The van der Waals surface area contributed by atoms with Gasteiger partial charge in [0.2, 0.25) is 0 Å². The monoisotopic (exact) mass is 826 g/mol. The lowest BCUT2D eigenvalue weighted by Gasteiger charge is -2.25. The van der Waals surface area contributed by atoms with Gasteiger partial charge < -0.3 is 28.4 Å². The number of methoxy groups -OCH3 is 1. The molecule has 0 saturated carbocycles. The highest BCUT2D eigenvalue weighted by Crippen LogP contribution is 2.37. The lowest BCUT2D eigenvalue weighted by atomic mass is 9.95. The first kappa shape index (κ1) is 37.6. The third-order valence-electron chi connectivity index (χ3n) is 7.77. The van der Waals surface area contributed by atoms with Crippen LogP contribution >= 0.6 is 33.9 Å². The minimum Gasteiger partial charge on any atom is -0.490 e. The van der Waals surface area contributed by atoms with Crippen molar-refractivity contribution in [1.82, 2.24) is 4.57 Å². The third kappa shape index (κ3) is 8.64. The summed E-state index contributed by atoms with van der Waals surface area (Å²) >= 11 is 3.43. The number of benzene rings is 3. The van der Waals surface area contributed by atoms with Crippen molar-refractivity contribution in [2.75, 3.05) is 33.5 Å². The quantitative estimate of drug-likeness (QED) is 0.118. The smallest absolute Gasteiger partial charge is 0.343 e. The Hall–Kier alpha value is -4.63. The highest BCUT2D eigenvalue weighted by atomic mass is 127. The minimum atomic E-state index is -0.882. The zero-order valence-corrected chi connectivity index (χ0v) is 32.2. The van der Waals surface area contributed by atoms with Gasteiger partial charge >= 0.3 is 11.9 Å². The number of allylic oxidation sites excluding steroid dienone is 1. The molecule has 1 aliphatic rings. The number of fused-ring (bicyclic) bond motifs is 1. The zero-order valence-electron chi connectivity index (χ0n) is 29.2. The van der Waals surface area contributed by atoms with E-state index in [4.69, 9.17) is 28.4 Å². The van der Waals surface area contributed by atoms with Crippen LogP contribution < -0.4 is 33.8 Å². The summed E-state index contributed by atoms with van der Waals surface area (Å²) < 4.78 is 36.6. The first-order valence-electron chi connectivity index (χ1n) is 16.4. The molecule has 0 amide bonds. The molecule has 268 valence electrons. The molecule has 0 spiro atoms. The van der Waals surface area contributed by atoms with Crippen molar-refractivity contribution in [1.29, 1.82) is 0 Å². The normalized spacial score (nSPS) is 14.0. The Morgan fingerprint density at radius 2 is 1.69 bits per heavy atom. The second kappa shape index (κ2) is 17.1. The summed E-state index contributed by atoms with van der Waals surface area (Å²) in [5.41, 5.74) is 3.81. The molecule has 13 heteroatoms. The van der Waals surface area contributed by atoms with Crippen molar-refractivity contribution in [3.63, 3.8) is 0 Å². The second-order valence-electron chi connectivity index (χ2n) is 11.3. The molecule has 0 unspecified atom stereocenters. The molecule has 0 aliphatic carbocycles. The Morgan fingerprint density at radius 3 is 2.39 bits per heavy atom. The number of thiazole rings is 1. The van der Waals surface area contributed by atoms with Crippen molar-refractivity contribution >= 4 is 51.9 Å². The number of hydrogen-bond acceptors (Lipinski definition) is 11. The predicted octanol–water partition coefficient (Wildman–Crippen LogP) is 5.64. The number of carbonyl (C=O) groups excluding carboxylic acids is 2. The van der Waals surface area contributed by atoms with Gasteiger partial charge in [-0.1, -0.05) is 47.2 Å². The number of nitrogens with zero attached hydrogens (tertiary/aromatic N) is 2. The fourth-order valence-corrected chi connectivity index (χ4v) is 7.40. The fraction of sp³-hybridized carbons (Fsp3) is 0.316. The molecule has 1 atom stereocenters. The van der Waals surface area contributed by atoms with Crippen LogP contribution in [0.4, 0.5) is 0 Å². The second-order valence-corrected chi connectivity index (χ2v) is 13.5. The van der Waals surface area contributed by atoms with Gasteiger partial charge in [0.05, 0.1) is 52.3 Å². The molecule has 3 aromatic carbocycles. The fourth-order valence-electron chi connectivity index (χ4n) is 5.57. The average Bonchev–Trinajstić information content (AvgIpc) is 3.40. The minimum absolute atomic E-state index is 0.142. The van der Waals surface area contributed by atoms with E-state index in [9.17, 15) is 14.4 Å². The number of rotatable bonds is 14. The van der Waals surface area contributed by atoms with E-state index in [2.05, 4.69) is 33.6 Å². The van der Waals surface area contributed by atoms with E-state index >= 15 is 0 Å². The molecule has 5 rings (SSSR count).